The number of halogens is 1. The number of piperidine rings is 1. The summed E-state index contributed by atoms with van der Waals surface area (Å²) in [6, 6.07) is 10.9. The molecule has 0 radical (unpaired) electrons. The Balaban J connectivity index is 1.93. The van der Waals surface area contributed by atoms with Gasteiger partial charge in [-0.1, -0.05) is 35.9 Å². The third-order valence-corrected chi connectivity index (χ3v) is 4.42. The van der Waals surface area contributed by atoms with Gasteiger partial charge >= 0.3 is 0 Å². The van der Waals surface area contributed by atoms with E-state index < -0.39 is 0 Å². The molecule has 0 aliphatic carbocycles. The fraction of sp³-hybridized carbons (Fsp3) is 0.438. The van der Waals surface area contributed by atoms with Crippen LogP contribution in [0.2, 0.25) is 5.15 Å². The van der Waals surface area contributed by atoms with Gasteiger partial charge in [0.1, 0.15) is 11.0 Å². The average molecular weight is 290 g/mol. The normalized spacial score (nSPS) is 19.8. The summed E-state index contributed by atoms with van der Waals surface area (Å²) in [4.78, 5) is 9.25. The summed E-state index contributed by atoms with van der Waals surface area (Å²) >= 11 is 6.33. The predicted octanol–water partition coefficient (Wildman–Crippen LogP) is 3.42. The number of fused-ring (bicyclic) bond motifs is 1. The van der Waals surface area contributed by atoms with E-state index in [1.165, 1.54) is 12.8 Å². The van der Waals surface area contributed by atoms with Crippen LogP contribution in [0, 0.1) is 0 Å². The van der Waals surface area contributed by atoms with E-state index in [4.69, 9.17) is 11.6 Å². The average Bonchev–Trinajstić information content (AvgIpc) is 2.47. The number of hydrogen-bond donors (Lipinski definition) is 0. The summed E-state index contributed by atoms with van der Waals surface area (Å²) in [5.74, 6) is 1.00. The first-order valence-corrected chi connectivity index (χ1v) is 7.49. The van der Waals surface area contributed by atoms with E-state index in [0.29, 0.717) is 11.2 Å². The minimum atomic E-state index is 0.593. The van der Waals surface area contributed by atoms with Gasteiger partial charge in [0, 0.05) is 24.5 Å². The number of hydrogen-bond acceptors (Lipinski definition) is 3. The van der Waals surface area contributed by atoms with E-state index in [9.17, 15) is 0 Å². The van der Waals surface area contributed by atoms with Crippen LogP contribution in [-0.4, -0.2) is 43.1 Å². The van der Waals surface area contributed by atoms with Crippen molar-refractivity contribution in [2.45, 2.75) is 18.9 Å². The molecule has 1 fully saturated rings. The van der Waals surface area contributed by atoms with Crippen molar-refractivity contribution in [2.24, 2.45) is 0 Å². The van der Waals surface area contributed by atoms with Crippen LogP contribution in [0.5, 0.6) is 0 Å². The smallest absolute Gasteiger partial charge is 0.139 e. The molecule has 1 aliphatic rings. The van der Waals surface area contributed by atoms with Gasteiger partial charge in [0.05, 0.1) is 0 Å². The molecule has 1 aromatic carbocycles. The Labute approximate surface area is 125 Å². The van der Waals surface area contributed by atoms with Crippen LogP contribution < -0.4 is 4.90 Å². The molecule has 0 saturated carbocycles. The zero-order valence-electron chi connectivity index (χ0n) is 12.0. The summed E-state index contributed by atoms with van der Waals surface area (Å²) < 4.78 is 0. The monoisotopic (exact) mass is 289 g/mol. The van der Waals surface area contributed by atoms with E-state index >= 15 is 0 Å². The van der Waals surface area contributed by atoms with Crippen LogP contribution in [-0.2, 0) is 0 Å². The number of aromatic nitrogens is 1. The van der Waals surface area contributed by atoms with E-state index in [2.05, 4.69) is 41.0 Å². The van der Waals surface area contributed by atoms with Crippen molar-refractivity contribution in [3.05, 3.63) is 35.5 Å². The van der Waals surface area contributed by atoms with Crippen molar-refractivity contribution in [3.63, 3.8) is 0 Å². The summed E-state index contributed by atoms with van der Waals surface area (Å²) in [5.41, 5.74) is 0. The number of pyridine rings is 1. The van der Waals surface area contributed by atoms with Crippen LogP contribution in [0.25, 0.3) is 10.8 Å². The zero-order chi connectivity index (χ0) is 14.1. The highest BCUT2D eigenvalue weighted by Gasteiger charge is 2.22. The van der Waals surface area contributed by atoms with Gasteiger partial charge in [0.25, 0.3) is 0 Å². The lowest BCUT2D eigenvalue weighted by Gasteiger charge is -2.37. The topological polar surface area (TPSA) is 19.4 Å². The van der Waals surface area contributed by atoms with Gasteiger partial charge < -0.3 is 9.80 Å². The zero-order valence-corrected chi connectivity index (χ0v) is 12.8. The first-order chi connectivity index (χ1) is 9.65. The largest absolute Gasteiger partial charge is 0.355 e. The molecule has 1 saturated heterocycles. The van der Waals surface area contributed by atoms with Crippen LogP contribution in [0.15, 0.2) is 30.3 Å². The number of nitrogens with zero attached hydrogens (tertiary/aromatic N) is 3. The Kier molecular flexibility index (Phi) is 3.81. The highest BCUT2D eigenvalue weighted by molar-refractivity contribution is 6.34. The second-order valence-corrected chi connectivity index (χ2v) is 6.06. The molecular weight excluding hydrogens is 270 g/mol. The van der Waals surface area contributed by atoms with Crippen molar-refractivity contribution in [1.82, 2.24) is 9.88 Å². The molecular formula is C16H20ClN3. The number of likely N-dealkylation sites (N-methyl/N-ethyl adjacent to an activating group) is 1. The molecule has 1 atom stereocenters. The molecule has 1 aromatic heterocycles. The minimum Gasteiger partial charge on any atom is -0.355 e. The predicted molar refractivity (Wildman–Crippen MR) is 85.7 cm³/mol. The third kappa shape index (κ3) is 2.60. The van der Waals surface area contributed by atoms with Crippen LogP contribution >= 0.6 is 11.6 Å². The Morgan fingerprint density at radius 2 is 2.10 bits per heavy atom. The SMILES string of the molecule is CN(C)C1CCCN(c2cc3ccccc3c(Cl)n2)C1. The minimum absolute atomic E-state index is 0.593. The number of benzene rings is 1. The molecule has 4 heteroatoms. The second kappa shape index (κ2) is 5.58. The molecule has 3 nitrogen and oxygen atoms in total. The van der Waals surface area contributed by atoms with Gasteiger partial charge in [0.2, 0.25) is 0 Å². The molecule has 0 N–H and O–H groups in total. The van der Waals surface area contributed by atoms with Gasteiger partial charge in [-0.2, -0.15) is 0 Å². The summed E-state index contributed by atoms with van der Waals surface area (Å²) in [7, 11) is 4.30. The Bertz CT molecular complexity index is 612. The Morgan fingerprint density at radius 1 is 1.30 bits per heavy atom. The second-order valence-electron chi connectivity index (χ2n) is 5.70. The van der Waals surface area contributed by atoms with Crippen molar-refractivity contribution in [3.8, 4) is 0 Å². The van der Waals surface area contributed by atoms with E-state index in [0.717, 1.165) is 29.7 Å². The van der Waals surface area contributed by atoms with Crippen molar-refractivity contribution in [2.75, 3.05) is 32.1 Å². The van der Waals surface area contributed by atoms with E-state index in [-0.39, 0.29) is 0 Å². The van der Waals surface area contributed by atoms with Crippen molar-refractivity contribution >= 4 is 28.2 Å². The van der Waals surface area contributed by atoms with Gasteiger partial charge in [-0.25, -0.2) is 4.98 Å². The summed E-state index contributed by atoms with van der Waals surface area (Å²) in [6.45, 7) is 2.08. The van der Waals surface area contributed by atoms with E-state index in [1.54, 1.807) is 0 Å². The maximum atomic E-state index is 6.33. The van der Waals surface area contributed by atoms with Gasteiger partial charge in [-0.15, -0.1) is 0 Å². The highest BCUT2D eigenvalue weighted by atomic mass is 35.5. The van der Waals surface area contributed by atoms with Crippen molar-refractivity contribution in [1.29, 1.82) is 0 Å². The lowest BCUT2D eigenvalue weighted by molar-refractivity contribution is 0.257. The number of anilines is 1. The molecule has 2 heterocycles. The van der Waals surface area contributed by atoms with Crippen LogP contribution in [0.1, 0.15) is 12.8 Å². The quantitative estimate of drug-likeness (QED) is 0.790. The van der Waals surface area contributed by atoms with Gasteiger partial charge in [-0.3, -0.25) is 0 Å². The summed E-state index contributed by atoms with van der Waals surface area (Å²) in [5, 5.41) is 2.79. The fourth-order valence-electron chi connectivity index (χ4n) is 2.89. The fourth-order valence-corrected chi connectivity index (χ4v) is 3.15. The molecule has 0 spiro atoms. The van der Waals surface area contributed by atoms with Gasteiger partial charge in [0.15, 0.2) is 0 Å². The molecule has 0 amide bonds. The maximum Gasteiger partial charge on any atom is 0.139 e. The molecule has 0 bridgehead atoms. The lowest BCUT2D eigenvalue weighted by Crippen LogP contribution is -2.45. The molecule has 106 valence electrons. The third-order valence-electron chi connectivity index (χ3n) is 4.13. The van der Waals surface area contributed by atoms with Crippen LogP contribution in [0.3, 0.4) is 0 Å². The molecule has 20 heavy (non-hydrogen) atoms. The Hall–Kier alpha value is -1.32. The lowest BCUT2D eigenvalue weighted by atomic mass is 10.0. The van der Waals surface area contributed by atoms with Crippen molar-refractivity contribution < 1.29 is 0 Å². The van der Waals surface area contributed by atoms with Crippen LogP contribution in [0.4, 0.5) is 5.82 Å². The standard InChI is InChI=1S/C16H20ClN3/c1-19(2)13-7-5-9-20(11-13)15-10-12-6-3-4-8-14(12)16(17)18-15/h3-4,6,8,10,13H,5,7,9,11H2,1-2H3. The molecule has 1 unspecified atom stereocenters. The Morgan fingerprint density at radius 3 is 2.90 bits per heavy atom. The molecule has 3 rings (SSSR count). The first kappa shape index (κ1) is 13.7. The summed E-state index contributed by atoms with van der Waals surface area (Å²) in [6.07, 6.45) is 2.46. The van der Waals surface area contributed by atoms with Gasteiger partial charge in [-0.05, 0) is 38.4 Å². The van der Waals surface area contributed by atoms with E-state index in [1.807, 2.05) is 18.2 Å². The maximum absolute atomic E-state index is 6.33. The first-order valence-electron chi connectivity index (χ1n) is 7.12. The number of rotatable bonds is 2. The highest BCUT2D eigenvalue weighted by Crippen LogP contribution is 2.28. The molecule has 1 aliphatic heterocycles. The molecule has 2 aromatic rings.